The summed E-state index contributed by atoms with van der Waals surface area (Å²) in [5.74, 6) is 1.66. The fourth-order valence-corrected chi connectivity index (χ4v) is 2.83. The molecule has 2 aromatic heterocycles. The molecule has 5 nitrogen and oxygen atoms in total. The molecule has 2 heterocycles. The maximum atomic E-state index is 5.89. The molecule has 3 rings (SSSR count). The minimum absolute atomic E-state index is 0. The van der Waals surface area contributed by atoms with Crippen molar-refractivity contribution in [2.24, 2.45) is 4.99 Å². The average molecular weight is 442 g/mol. The van der Waals surface area contributed by atoms with Crippen molar-refractivity contribution in [2.45, 2.75) is 20.0 Å². The maximum absolute atomic E-state index is 5.89. The Balaban J connectivity index is 0.00000192. The summed E-state index contributed by atoms with van der Waals surface area (Å²) in [4.78, 5) is 8.45. The molecule has 0 saturated heterocycles. The minimum Gasteiger partial charge on any atom is -0.459 e. The van der Waals surface area contributed by atoms with E-state index < -0.39 is 0 Å². The molecule has 0 fully saturated rings. The first-order valence-electron chi connectivity index (χ1n) is 7.08. The van der Waals surface area contributed by atoms with E-state index in [0.29, 0.717) is 13.1 Å². The first-order valence-corrected chi connectivity index (χ1v) is 7.96. The van der Waals surface area contributed by atoms with Gasteiger partial charge in [0.2, 0.25) is 0 Å². The van der Waals surface area contributed by atoms with Gasteiger partial charge in [-0.3, -0.25) is 4.99 Å². The number of guanidine groups is 1. The van der Waals surface area contributed by atoms with Gasteiger partial charge >= 0.3 is 0 Å². The van der Waals surface area contributed by atoms with Gasteiger partial charge in [0.15, 0.2) is 5.96 Å². The fourth-order valence-electron chi connectivity index (χ4n) is 2.28. The van der Waals surface area contributed by atoms with Crippen LogP contribution in [0.4, 0.5) is 0 Å². The van der Waals surface area contributed by atoms with Crippen molar-refractivity contribution in [2.75, 3.05) is 7.05 Å². The molecular formula is C16H19IN4OS. The number of thiazole rings is 1. The van der Waals surface area contributed by atoms with Crippen molar-refractivity contribution in [3.63, 3.8) is 0 Å². The summed E-state index contributed by atoms with van der Waals surface area (Å²) in [6, 6.07) is 8.07. The Morgan fingerprint density at radius 1 is 1.26 bits per heavy atom. The number of hydrogen-bond acceptors (Lipinski definition) is 4. The Hall–Kier alpha value is -1.61. The largest absolute Gasteiger partial charge is 0.459 e. The molecule has 3 aromatic rings. The molecule has 0 bridgehead atoms. The molecule has 23 heavy (non-hydrogen) atoms. The number of halogens is 1. The quantitative estimate of drug-likeness (QED) is 0.368. The van der Waals surface area contributed by atoms with Crippen molar-refractivity contribution in [3.05, 3.63) is 52.2 Å². The van der Waals surface area contributed by atoms with Gasteiger partial charge in [0, 0.05) is 29.6 Å². The lowest BCUT2D eigenvalue weighted by Crippen LogP contribution is -2.36. The topological polar surface area (TPSA) is 62.5 Å². The molecule has 0 amide bonds. The average Bonchev–Trinajstić information content (AvgIpc) is 3.17. The van der Waals surface area contributed by atoms with E-state index in [1.54, 1.807) is 24.6 Å². The highest BCUT2D eigenvalue weighted by Gasteiger charge is 2.10. The van der Waals surface area contributed by atoms with Gasteiger partial charge in [-0.15, -0.1) is 35.3 Å². The van der Waals surface area contributed by atoms with Crippen molar-refractivity contribution < 1.29 is 4.42 Å². The summed E-state index contributed by atoms with van der Waals surface area (Å²) in [5.41, 5.74) is 2.08. The Bertz CT molecular complexity index is 783. The predicted octanol–water partition coefficient (Wildman–Crippen LogP) is 3.68. The van der Waals surface area contributed by atoms with E-state index in [-0.39, 0.29) is 24.0 Å². The van der Waals surface area contributed by atoms with E-state index in [4.69, 9.17) is 4.42 Å². The Morgan fingerprint density at radius 3 is 2.74 bits per heavy atom. The molecule has 0 unspecified atom stereocenters. The monoisotopic (exact) mass is 442 g/mol. The summed E-state index contributed by atoms with van der Waals surface area (Å²) >= 11 is 1.62. The van der Waals surface area contributed by atoms with E-state index in [2.05, 4.69) is 33.6 Å². The molecular weight excluding hydrogens is 423 g/mol. The highest BCUT2D eigenvalue weighted by Crippen LogP contribution is 2.24. The van der Waals surface area contributed by atoms with E-state index in [1.165, 1.54) is 5.56 Å². The molecule has 2 N–H and O–H groups in total. The number of para-hydroxylation sites is 1. The molecule has 0 atom stereocenters. The molecule has 0 aliphatic rings. The minimum atomic E-state index is 0. The highest BCUT2D eigenvalue weighted by molar-refractivity contribution is 14.0. The van der Waals surface area contributed by atoms with Crippen molar-refractivity contribution >= 4 is 52.2 Å². The molecule has 0 aliphatic carbocycles. The lowest BCUT2D eigenvalue weighted by Gasteiger charge is -2.10. The van der Waals surface area contributed by atoms with Crippen molar-refractivity contribution in [3.8, 4) is 0 Å². The van der Waals surface area contributed by atoms with Gasteiger partial charge in [-0.25, -0.2) is 4.98 Å². The van der Waals surface area contributed by atoms with Gasteiger partial charge in [-0.2, -0.15) is 0 Å². The third kappa shape index (κ3) is 4.23. The van der Waals surface area contributed by atoms with Crippen LogP contribution in [-0.2, 0) is 13.1 Å². The molecule has 0 radical (unpaired) electrons. The molecule has 0 saturated carbocycles. The fraction of sp³-hybridized carbons (Fsp3) is 0.250. The maximum Gasteiger partial charge on any atom is 0.191 e. The highest BCUT2D eigenvalue weighted by atomic mass is 127. The first kappa shape index (κ1) is 17.7. The number of fused-ring (bicyclic) bond motifs is 1. The summed E-state index contributed by atoms with van der Waals surface area (Å²) in [6.45, 7) is 3.34. The number of nitrogens with one attached hydrogen (secondary N) is 2. The van der Waals surface area contributed by atoms with Crippen LogP contribution in [0.2, 0.25) is 0 Å². The lowest BCUT2D eigenvalue weighted by molar-refractivity contribution is 0.534. The van der Waals surface area contributed by atoms with E-state index in [9.17, 15) is 0 Å². The molecule has 0 aliphatic heterocycles. The predicted molar refractivity (Wildman–Crippen MR) is 106 cm³/mol. The van der Waals surface area contributed by atoms with Crippen LogP contribution in [0.3, 0.4) is 0 Å². The van der Waals surface area contributed by atoms with Crippen LogP contribution in [0.25, 0.3) is 11.0 Å². The van der Waals surface area contributed by atoms with Gasteiger partial charge in [-0.05, 0) is 13.0 Å². The van der Waals surface area contributed by atoms with Crippen LogP contribution in [0.15, 0.2) is 45.3 Å². The number of nitrogens with zero attached hydrogens (tertiary/aromatic N) is 2. The van der Waals surface area contributed by atoms with Crippen LogP contribution in [0.1, 0.15) is 16.3 Å². The first-order chi connectivity index (χ1) is 10.8. The van der Waals surface area contributed by atoms with Crippen LogP contribution < -0.4 is 10.6 Å². The summed E-state index contributed by atoms with van der Waals surface area (Å²) in [6.07, 6.45) is 1.80. The zero-order chi connectivity index (χ0) is 15.4. The zero-order valence-electron chi connectivity index (χ0n) is 13.0. The van der Waals surface area contributed by atoms with Gasteiger partial charge in [0.1, 0.15) is 16.4 Å². The van der Waals surface area contributed by atoms with E-state index in [0.717, 1.165) is 27.7 Å². The van der Waals surface area contributed by atoms with Crippen LogP contribution in [-0.4, -0.2) is 18.0 Å². The number of benzene rings is 1. The van der Waals surface area contributed by atoms with Crippen molar-refractivity contribution in [1.82, 2.24) is 15.6 Å². The Morgan fingerprint density at radius 2 is 2.04 bits per heavy atom. The Kier molecular flexibility index (Phi) is 6.40. The molecule has 1 aromatic carbocycles. The van der Waals surface area contributed by atoms with E-state index in [1.807, 2.05) is 23.6 Å². The Labute approximate surface area is 156 Å². The second kappa shape index (κ2) is 8.30. The SMILES string of the molecule is CN=C(NCc1nccs1)NCc1oc2ccccc2c1C.I. The molecule has 0 spiro atoms. The third-order valence-electron chi connectivity index (χ3n) is 3.47. The smallest absolute Gasteiger partial charge is 0.191 e. The second-order valence-electron chi connectivity index (χ2n) is 4.85. The number of aliphatic imine (C=N–C) groups is 1. The summed E-state index contributed by atoms with van der Waals surface area (Å²) in [5, 5.41) is 10.7. The van der Waals surface area contributed by atoms with Crippen LogP contribution in [0.5, 0.6) is 0 Å². The summed E-state index contributed by atoms with van der Waals surface area (Å²) in [7, 11) is 1.75. The van der Waals surface area contributed by atoms with Crippen molar-refractivity contribution in [1.29, 1.82) is 0 Å². The molecule has 7 heteroatoms. The second-order valence-corrected chi connectivity index (χ2v) is 5.83. The number of hydrogen-bond donors (Lipinski definition) is 2. The number of aromatic nitrogens is 1. The lowest BCUT2D eigenvalue weighted by atomic mass is 10.1. The van der Waals surface area contributed by atoms with Crippen LogP contribution in [0, 0.1) is 6.92 Å². The number of rotatable bonds is 4. The van der Waals surface area contributed by atoms with Crippen LogP contribution >= 0.6 is 35.3 Å². The van der Waals surface area contributed by atoms with E-state index >= 15 is 0 Å². The van der Waals surface area contributed by atoms with Gasteiger partial charge < -0.3 is 15.1 Å². The van der Waals surface area contributed by atoms with Gasteiger partial charge in [0.05, 0.1) is 13.1 Å². The standard InChI is InChI=1S/C16H18N4OS.HI/c1-11-12-5-3-4-6-13(12)21-14(11)9-19-16(17-2)20-10-15-18-7-8-22-15;/h3-8H,9-10H2,1-2H3,(H2,17,19,20);1H. The molecule has 122 valence electrons. The number of aryl methyl sites for hydroxylation is 1. The van der Waals surface area contributed by atoms with Gasteiger partial charge in [-0.1, -0.05) is 18.2 Å². The third-order valence-corrected chi connectivity index (χ3v) is 4.25. The number of furan rings is 1. The van der Waals surface area contributed by atoms with Gasteiger partial charge in [0.25, 0.3) is 0 Å². The summed E-state index contributed by atoms with van der Waals surface area (Å²) < 4.78 is 5.89. The zero-order valence-corrected chi connectivity index (χ0v) is 16.1. The normalized spacial score (nSPS) is 11.3.